The van der Waals surface area contributed by atoms with Crippen LogP contribution >= 0.6 is 0 Å². The van der Waals surface area contributed by atoms with Gasteiger partial charge >= 0.3 is 5.97 Å². The number of rotatable bonds is 6. The van der Waals surface area contributed by atoms with Gasteiger partial charge in [-0.25, -0.2) is 14.8 Å². The van der Waals surface area contributed by atoms with Crippen molar-refractivity contribution in [2.24, 2.45) is 5.92 Å². The highest BCUT2D eigenvalue weighted by Crippen LogP contribution is 2.48. The molecule has 4 aromatic carbocycles. The van der Waals surface area contributed by atoms with Crippen LogP contribution in [-0.2, 0) is 14.4 Å². The average Bonchev–Trinajstić information content (AvgIpc) is 3.49. The summed E-state index contributed by atoms with van der Waals surface area (Å²) in [5.74, 6) is -1.33. The van der Waals surface area contributed by atoms with E-state index in [4.69, 9.17) is 14.3 Å². The fourth-order valence-electron chi connectivity index (χ4n) is 5.08. The molecule has 2 saturated heterocycles. The molecule has 0 N–H and O–H groups in total. The minimum Gasteiger partial charge on any atom is -0.495 e. The number of benzene rings is 4. The number of para-hydroxylation sites is 3. The normalized spacial score (nSPS) is 20.2. The maximum atomic E-state index is 13.9. The number of nitrogens with zero attached hydrogens (tertiary/aromatic N) is 2. The van der Waals surface area contributed by atoms with Crippen LogP contribution in [0, 0.1) is 5.92 Å². The summed E-state index contributed by atoms with van der Waals surface area (Å²) in [6.07, 6.45) is -1.01. The summed E-state index contributed by atoms with van der Waals surface area (Å²) in [4.78, 5) is 47.3. The zero-order chi connectivity index (χ0) is 26.9. The number of hydrogen-bond donors (Lipinski definition) is 0. The number of imide groups is 1. The molecule has 2 aliphatic rings. The molecular weight excluding hydrogens is 496 g/mol. The fraction of sp³-hybridized carbons (Fsp3) is 0.129. The molecule has 2 fully saturated rings. The highest BCUT2D eigenvalue weighted by atomic mass is 16.7. The van der Waals surface area contributed by atoms with Crippen LogP contribution in [-0.4, -0.2) is 31.0 Å². The molecule has 0 radical (unpaired) electrons. The van der Waals surface area contributed by atoms with Gasteiger partial charge in [-0.2, -0.15) is 0 Å². The summed E-state index contributed by atoms with van der Waals surface area (Å²) in [6.45, 7) is 0. The van der Waals surface area contributed by atoms with Gasteiger partial charge in [-0.3, -0.25) is 14.4 Å². The first-order chi connectivity index (χ1) is 19.1. The molecule has 194 valence electrons. The number of carbonyl (C=O) groups is 3. The molecule has 0 saturated carbocycles. The van der Waals surface area contributed by atoms with Crippen molar-refractivity contribution in [3.8, 4) is 11.5 Å². The second-order valence-corrected chi connectivity index (χ2v) is 9.17. The number of hydrogen-bond acceptors (Lipinski definition) is 7. The van der Waals surface area contributed by atoms with Crippen LogP contribution < -0.4 is 19.4 Å². The molecule has 8 nitrogen and oxygen atoms in total. The van der Waals surface area contributed by atoms with Crippen LogP contribution in [0.3, 0.4) is 0 Å². The van der Waals surface area contributed by atoms with Crippen LogP contribution in [0.5, 0.6) is 11.5 Å². The number of amides is 2. The maximum Gasteiger partial charge on any atom is 0.343 e. The molecule has 39 heavy (non-hydrogen) atoms. The van der Waals surface area contributed by atoms with Crippen LogP contribution in [0.2, 0.25) is 0 Å². The molecule has 6 rings (SSSR count). The summed E-state index contributed by atoms with van der Waals surface area (Å²) < 4.78 is 10.9. The second-order valence-electron chi connectivity index (χ2n) is 9.17. The number of esters is 1. The first-order valence-electron chi connectivity index (χ1n) is 12.5. The Morgan fingerprint density at radius 2 is 1.41 bits per heavy atom. The van der Waals surface area contributed by atoms with E-state index in [-0.39, 0.29) is 5.91 Å². The molecule has 0 aromatic heterocycles. The van der Waals surface area contributed by atoms with Crippen molar-refractivity contribution in [2.75, 3.05) is 17.1 Å². The predicted octanol–water partition coefficient (Wildman–Crippen LogP) is 4.97. The lowest BCUT2D eigenvalue weighted by Gasteiger charge is -2.29. The van der Waals surface area contributed by atoms with Gasteiger partial charge in [0.05, 0.1) is 30.1 Å². The van der Waals surface area contributed by atoms with E-state index in [1.165, 1.54) is 7.11 Å². The lowest BCUT2D eigenvalue weighted by Crippen LogP contribution is -2.37. The van der Waals surface area contributed by atoms with Gasteiger partial charge in [-0.1, -0.05) is 60.7 Å². The molecule has 4 aromatic rings. The van der Waals surface area contributed by atoms with Gasteiger partial charge in [0.1, 0.15) is 17.4 Å². The predicted molar refractivity (Wildman–Crippen MR) is 143 cm³/mol. The Bertz CT molecular complexity index is 1520. The Labute approximate surface area is 224 Å². The van der Waals surface area contributed by atoms with Gasteiger partial charge in [0.25, 0.3) is 5.91 Å². The number of hydroxylamine groups is 1. The van der Waals surface area contributed by atoms with Crippen molar-refractivity contribution in [3.63, 3.8) is 0 Å². The van der Waals surface area contributed by atoms with Crippen molar-refractivity contribution in [1.29, 1.82) is 0 Å². The third-order valence-electron chi connectivity index (χ3n) is 6.89. The Morgan fingerprint density at radius 1 is 0.769 bits per heavy atom. The molecule has 8 heteroatoms. The highest BCUT2D eigenvalue weighted by molar-refractivity contribution is 6.24. The minimum atomic E-state index is -1.01. The van der Waals surface area contributed by atoms with Gasteiger partial charge in [-0.05, 0) is 54.1 Å². The average molecular weight is 521 g/mol. The third kappa shape index (κ3) is 4.30. The monoisotopic (exact) mass is 520 g/mol. The van der Waals surface area contributed by atoms with E-state index in [0.29, 0.717) is 28.4 Å². The van der Waals surface area contributed by atoms with E-state index in [2.05, 4.69) is 0 Å². The SMILES string of the molecule is COc1ccccc1N1C(=O)[C@@H]2[C@H](ON(c3ccccc3)[C@@H]2c2ccc(OC(=O)c3ccccc3)cc2)C1=O. The van der Waals surface area contributed by atoms with Gasteiger partial charge in [0, 0.05) is 0 Å². The van der Waals surface area contributed by atoms with E-state index in [9.17, 15) is 14.4 Å². The summed E-state index contributed by atoms with van der Waals surface area (Å²) >= 11 is 0. The number of anilines is 2. The summed E-state index contributed by atoms with van der Waals surface area (Å²) in [7, 11) is 1.49. The standard InChI is InChI=1S/C31H24N2O6/c1-37-25-15-9-8-14-24(25)32-29(34)26-27(33(39-28(26)30(32)35)22-12-6-3-7-13-22)20-16-18-23(19-17-20)38-31(36)21-10-4-2-5-11-21/h2-19,26-28H,1H3/t26-,27+,28-/m0/s1. The molecule has 0 unspecified atom stereocenters. The second kappa shape index (κ2) is 10.1. The summed E-state index contributed by atoms with van der Waals surface area (Å²) in [5, 5.41) is 1.62. The molecule has 2 heterocycles. The Morgan fingerprint density at radius 3 is 2.10 bits per heavy atom. The van der Waals surface area contributed by atoms with E-state index < -0.39 is 29.9 Å². The van der Waals surface area contributed by atoms with Crippen molar-refractivity contribution in [1.82, 2.24) is 0 Å². The van der Waals surface area contributed by atoms with Crippen LogP contribution in [0.15, 0.2) is 109 Å². The van der Waals surface area contributed by atoms with Gasteiger partial charge < -0.3 is 9.47 Å². The molecule has 3 atom stereocenters. The molecule has 0 aliphatic carbocycles. The van der Waals surface area contributed by atoms with Crippen molar-refractivity contribution >= 4 is 29.2 Å². The summed E-state index contributed by atoms with van der Waals surface area (Å²) in [5.41, 5.74) is 2.26. The number of fused-ring (bicyclic) bond motifs is 1. The van der Waals surface area contributed by atoms with E-state index in [1.807, 2.05) is 36.4 Å². The van der Waals surface area contributed by atoms with Crippen LogP contribution in [0.4, 0.5) is 11.4 Å². The fourth-order valence-corrected chi connectivity index (χ4v) is 5.08. The zero-order valence-electron chi connectivity index (χ0n) is 21.0. The summed E-state index contributed by atoms with van der Waals surface area (Å²) in [6, 6.07) is 31.2. The zero-order valence-corrected chi connectivity index (χ0v) is 21.0. The van der Waals surface area contributed by atoms with Crippen molar-refractivity contribution in [2.45, 2.75) is 12.1 Å². The quantitative estimate of drug-likeness (QED) is 0.202. The Balaban J connectivity index is 1.34. The lowest BCUT2D eigenvalue weighted by atomic mass is 9.90. The first-order valence-corrected chi connectivity index (χ1v) is 12.5. The smallest absolute Gasteiger partial charge is 0.343 e. The van der Waals surface area contributed by atoms with E-state index >= 15 is 0 Å². The Kier molecular flexibility index (Phi) is 6.30. The molecule has 2 amide bonds. The molecule has 0 bridgehead atoms. The van der Waals surface area contributed by atoms with Crippen molar-refractivity contribution in [3.05, 3.63) is 120 Å². The molecule has 2 aliphatic heterocycles. The number of methoxy groups -OCH3 is 1. The van der Waals surface area contributed by atoms with Gasteiger partial charge in [0.2, 0.25) is 5.91 Å². The van der Waals surface area contributed by atoms with Gasteiger partial charge in [-0.15, -0.1) is 0 Å². The van der Waals surface area contributed by atoms with Crippen LogP contribution in [0.25, 0.3) is 0 Å². The lowest BCUT2D eigenvalue weighted by molar-refractivity contribution is -0.126. The van der Waals surface area contributed by atoms with Crippen LogP contribution in [0.1, 0.15) is 22.0 Å². The van der Waals surface area contributed by atoms with Crippen molar-refractivity contribution < 1.29 is 28.7 Å². The minimum absolute atomic E-state index is 0.360. The maximum absolute atomic E-state index is 13.9. The van der Waals surface area contributed by atoms with E-state index in [0.717, 1.165) is 10.5 Å². The first kappa shape index (κ1) is 24.4. The van der Waals surface area contributed by atoms with E-state index in [1.54, 1.807) is 77.9 Å². The Hall–Kier alpha value is -4.95. The topological polar surface area (TPSA) is 85.4 Å². The molecule has 0 spiro atoms. The number of ether oxygens (including phenoxy) is 2. The molecular formula is C31H24N2O6. The third-order valence-corrected chi connectivity index (χ3v) is 6.89. The van der Waals surface area contributed by atoms with Gasteiger partial charge in [0.15, 0.2) is 6.10 Å². The number of carbonyl (C=O) groups excluding carboxylic acids is 3. The largest absolute Gasteiger partial charge is 0.495 e. The highest BCUT2D eigenvalue weighted by Gasteiger charge is 2.60.